The number of aryl methyl sites for hydroxylation is 1. The van der Waals surface area contributed by atoms with E-state index in [0.29, 0.717) is 5.02 Å². The van der Waals surface area contributed by atoms with E-state index in [1.165, 1.54) is 5.56 Å². The van der Waals surface area contributed by atoms with Crippen molar-refractivity contribution in [1.82, 2.24) is 9.38 Å². The summed E-state index contributed by atoms with van der Waals surface area (Å²) in [5.74, 6) is 0.888. The minimum atomic E-state index is 0.664. The number of hydrogen-bond acceptors (Lipinski definition) is 2. The van der Waals surface area contributed by atoms with Crippen LogP contribution in [0.5, 0.6) is 0 Å². The van der Waals surface area contributed by atoms with Crippen molar-refractivity contribution in [2.45, 2.75) is 6.92 Å². The smallest absolute Gasteiger partial charge is 0.143 e. The third-order valence-corrected chi connectivity index (χ3v) is 4.71. The van der Waals surface area contributed by atoms with Gasteiger partial charge >= 0.3 is 0 Å². The molecule has 0 radical (unpaired) electrons. The molecule has 0 amide bonds. The largest absolute Gasteiger partial charge is 0.339 e. The average Bonchev–Trinajstić information content (AvgIpc) is 2.95. The van der Waals surface area contributed by atoms with Gasteiger partial charge in [0.15, 0.2) is 0 Å². The Morgan fingerprint density at radius 3 is 2.60 bits per heavy atom. The summed E-state index contributed by atoms with van der Waals surface area (Å²) in [5, 5.41) is 4.16. The normalized spacial score (nSPS) is 11.0. The van der Waals surface area contributed by atoms with Crippen LogP contribution in [-0.2, 0) is 0 Å². The van der Waals surface area contributed by atoms with E-state index < -0.39 is 0 Å². The fraction of sp³-hybridized carbons (Fsp3) is 0.0500. The van der Waals surface area contributed by atoms with Gasteiger partial charge in [0, 0.05) is 21.9 Å². The van der Waals surface area contributed by atoms with Crippen LogP contribution < -0.4 is 5.32 Å². The second-order valence-electron chi connectivity index (χ2n) is 5.89. The molecular formula is C20H15BrClN3. The van der Waals surface area contributed by atoms with Crippen LogP contribution in [0.3, 0.4) is 0 Å². The first-order valence-corrected chi connectivity index (χ1v) is 9.04. The number of benzene rings is 2. The highest BCUT2D eigenvalue weighted by molar-refractivity contribution is 9.10. The molecule has 0 aliphatic heterocycles. The Morgan fingerprint density at radius 2 is 1.84 bits per heavy atom. The molecule has 1 N–H and O–H groups in total. The topological polar surface area (TPSA) is 29.3 Å². The Morgan fingerprint density at radius 1 is 1.04 bits per heavy atom. The highest BCUT2D eigenvalue weighted by Gasteiger charge is 2.15. The number of rotatable bonds is 3. The molecule has 2 aromatic heterocycles. The summed E-state index contributed by atoms with van der Waals surface area (Å²) in [5.41, 5.74) is 4.98. The Labute approximate surface area is 159 Å². The van der Waals surface area contributed by atoms with Gasteiger partial charge in [0.2, 0.25) is 0 Å². The van der Waals surface area contributed by atoms with Crippen molar-refractivity contribution in [2.24, 2.45) is 0 Å². The van der Waals surface area contributed by atoms with Crippen LogP contribution in [0.15, 0.2) is 71.3 Å². The quantitative estimate of drug-likeness (QED) is 0.418. The van der Waals surface area contributed by atoms with Gasteiger partial charge < -0.3 is 5.32 Å². The summed E-state index contributed by atoms with van der Waals surface area (Å²) in [6.45, 7) is 2.07. The average molecular weight is 413 g/mol. The Balaban J connectivity index is 1.91. The van der Waals surface area contributed by atoms with Crippen LogP contribution in [0.2, 0.25) is 5.02 Å². The number of imidazole rings is 1. The van der Waals surface area contributed by atoms with Gasteiger partial charge in [0.1, 0.15) is 17.2 Å². The molecule has 0 aliphatic rings. The molecule has 4 rings (SSSR count). The van der Waals surface area contributed by atoms with Crippen molar-refractivity contribution in [3.63, 3.8) is 0 Å². The summed E-state index contributed by atoms with van der Waals surface area (Å²) >= 11 is 9.75. The van der Waals surface area contributed by atoms with Crippen molar-refractivity contribution in [2.75, 3.05) is 5.32 Å². The van der Waals surface area contributed by atoms with Crippen molar-refractivity contribution in [3.8, 4) is 11.3 Å². The maximum atomic E-state index is 6.21. The summed E-state index contributed by atoms with van der Waals surface area (Å²) in [4.78, 5) is 4.80. The van der Waals surface area contributed by atoms with Gasteiger partial charge in [0.05, 0.1) is 5.02 Å². The zero-order valence-electron chi connectivity index (χ0n) is 13.5. The number of nitrogens with one attached hydrogen (secondary N) is 1. The van der Waals surface area contributed by atoms with Crippen molar-refractivity contribution >= 4 is 44.7 Å². The first kappa shape index (κ1) is 16.2. The number of hydrogen-bond donors (Lipinski definition) is 1. The molecule has 0 atom stereocenters. The summed E-state index contributed by atoms with van der Waals surface area (Å²) < 4.78 is 3.00. The van der Waals surface area contributed by atoms with Crippen molar-refractivity contribution in [1.29, 1.82) is 0 Å². The second-order valence-corrected chi connectivity index (χ2v) is 7.24. The molecule has 0 bridgehead atoms. The lowest BCUT2D eigenvalue weighted by molar-refractivity contribution is 1.18. The lowest BCUT2D eigenvalue weighted by Crippen LogP contribution is -1.97. The molecule has 25 heavy (non-hydrogen) atoms. The lowest BCUT2D eigenvalue weighted by Gasteiger charge is -2.10. The fourth-order valence-electron chi connectivity index (χ4n) is 2.75. The molecule has 0 unspecified atom stereocenters. The van der Waals surface area contributed by atoms with Crippen molar-refractivity contribution in [3.05, 3.63) is 81.9 Å². The summed E-state index contributed by atoms with van der Waals surface area (Å²) in [6.07, 6.45) is 1.88. The number of fused-ring (bicyclic) bond motifs is 1. The van der Waals surface area contributed by atoms with Crippen LogP contribution in [0.25, 0.3) is 16.9 Å². The predicted octanol–water partition coefficient (Wildman–Crippen LogP) is 6.47. The van der Waals surface area contributed by atoms with Crippen molar-refractivity contribution < 1.29 is 0 Å². The van der Waals surface area contributed by atoms with E-state index in [1.54, 1.807) is 0 Å². The highest BCUT2D eigenvalue weighted by Crippen LogP contribution is 2.33. The number of anilines is 2. The SMILES string of the molecule is Cc1ccc(Nc2c(-c3cccc(Br)c3)nc3ccc(Cl)cn23)cc1. The number of halogens is 2. The molecule has 2 heterocycles. The van der Waals surface area contributed by atoms with Crippen LogP contribution in [0.4, 0.5) is 11.5 Å². The van der Waals surface area contributed by atoms with E-state index >= 15 is 0 Å². The first-order chi connectivity index (χ1) is 12.1. The van der Waals surface area contributed by atoms with Gasteiger partial charge in [-0.3, -0.25) is 4.40 Å². The molecule has 3 nitrogen and oxygen atoms in total. The maximum absolute atomic E-state index is 6.21. The minimum Gasteiger partial charge on any atom is -0.339 e. The fourth-order valence-corrected chi connectivity index (χ4v) is 3.31. The van der Waals surface area contributed by atoms with E-state index in [1.807, 2.05) is 34.9 Å². The molecular weight excluding hydrogens is 398 g/mol. The maximum Gasteiger partial charge on any atom is 0.143 e. The van der Waals surface area contributed by atoms with Gasteiger partial charge in [-0.05, 0) is 43.3 Å². The van der Waals surface area contributed by atoms with E-state index in [0.717, 1.165) is 32.9 Å². The Bertz CT molecular complexity index is 1050. The summed E-state index contributed by atoms with van der Waals surface area (Å²) in [6, 6.07) is 20.2. The summed E-state index contributed by atoms with van der Waals surface area (Å²) in [7, 11) is 0. The van der Waals surface area contributed by atoms with Gasteiger partial charge in [-0.1, -0.05) is 57.4 Å². The molecule has 5 heteroatoms. The predicted molar refractivity (Wildman–Crippen MR) is 108 cm³/mol. The number of pyridine rings is 1. The van der Waals surface area contributed by atoms with E-state index in [4.69, 9.17) is 16.6 Å². The first-order valence-electron chi connectivity index (χ1n) is 7.87. The number of nitrogens with zero attached hydrogens (tertiary/aromatic N) is 2. The molecule has 2 aromatic carbocycles. The lowest BCUT2D eigenvalue weighted by atomic mass is 10.1. The van der Waals surface area contributed by atoms with E-state index in [2.05, 4.69) is 64.6 Å². The molecule has 0 saturated heterocycles. The monoisotopic (exact) mass is 411 g/mol. The van der Waals surface area contributed by atoms with E-state index in [-0.39, 0.29) is 0 Å². The third-order valence-electron chi connectivity index (χ3n) is 3.99. The number of aromatic nitrogens is 2. The van der Waals surface area contributed by atoms with E-state index in [9.17, 15) is 0 Å². The molecule has 4 aromatic rings. The minimum absolute atomic E-state index is 0.664. The Kier molecular flexibility index (Phi) is 4.24. The molecule has 124 valence electrons. The third kappa shape index (κ3) is 3.28. The zero-order valence-corrected chi connectivity index (χ0v) is 15.8. The standard InChI is InChI=1S/C20H15BrClN3/c1-13-5-8-17(9-6-13)23-20-19(14-3-2-4-15(21)11-14)24-18-10-7-16(22)12-25(18)20/h2-12,23H,1H3. The van der Waals surface area contributed by atoms with Gasteiger partial charge in [-0.15, -0.1) is 0 Å². The zero-order chi connectivity index (χ0) is 17.4. The molecule has 0 aliphatic carbocycles. The van der Waals surface area contributed by atoms with Gasteiger partial charge in [-0.2, -0.15) is 0 Å². The molecule has 0 saturated carbocycles. The van der Waals surface area contributed by atoms with Crippen LogP contribution >= 0.6 is 27.5 Å². The van der Waals surface area contributed by atoms with Gasteiger partial charge in [-0.25, -0.2) is 4.98 Å². The van der Waals surface area contributed by atoms with Crippen LogP contribution in [-0.4, -0.2) is 9.38 Å². The van der Waals surface area contributed by atoms with Crippen LogP contribution in [0.1, 0.15) is 5.56 Å². The molecule has 0 spiro atoms. The molecule has 0 fully saturated rings. The van der Waals surface area contributed by atoms with Crippen LogP contribution in [0, 0.1) is 6.92 Å². The Hall–Kier alpha value is -2.30. The highest BCUT2D eigenvalue weighted by atomic mass is 79.9. The van der Waals surface area contributed by atoms with Gasteiger partial charge in [0.25, 0.3) is 0 Å². The second kappa shape index (κ2) is 6.54.